The van der Waals surface area contributed by atoms with Gasteiger partial charge in [-0.1, -0.05) is 43.7 Å². The number of ether oxygens (including phenoxy) is 1. The SMILES string of the molecule is C=O.CC.C\C=C/C=C\C(=C/C)ON(C)CC1=NCCc2c(Cl)cc(F)c(OC)c21. The first-order chi connectivity index (χ1) is 14.5. The molecule has 0 spiro atoms. The molecular formula is C23H32ClFN2O3. The van der Waals surface area contributed by atoms with Crippen LogP contribution in [0.15, 0.2) is 47.2 Å². The maximum atomic E-state index is 14.3. The molecule has 1 aliphatic rings. The van der Waals surface area contributed by atoms with Crippen LogP contribution in [0.4, 0.5) is 4.39 Å². The second-order valence-corrected chi connectivity index (χ2v) is 6.17. The lowest BCUT2D eigenvalue weighted by Crippen LogP contribution is -2.29. The normalized spacial score (nSPS) is 13.2. The average Bonchev–Trinajstić information content (AvgIpc) is 2.76. The minimum Gasteiger partial charge on any atom is -0.493 e. The van der Waals surface area contributed by atoms with Gasteiger partial charge >= 0.3 is 0 Å². The van der Waals surface area contributed by atoms with Gasteiger partial charge in [-0.15, -0.1) is 5.06 Å². The lowest BCUT2D eigenvalue weighted by Gasteiger charge is -2.25. The second kappa shape index (κ2) is 15.4. The van der Waals surface area contributed by atoms with E-state index in [9.17, 15) is 4.39 Å². The Bertz CT molecular complexity index is 789. The van der Waals surface area contributed by atoms with Crippen LogP contribution in [0.5, 0.6) is 5.75 Å². The van der Waals surface area contributed by atoms with E-state index in [1.807, 2.05) is 64.9 Å². The largest absolute Gasteiger partial charge is 0.493 e. The number of nitrogens with zero attached hydrogens (tertiary/aromatic N) is 2. The molecule has 0 bridgehead atoms. The maximum Gasteiger partial charge on any atom is 0.167 e. The van der Waals surface area contributed by atoms with Gasteiger partial charge in [0.15, 0.2) is 11.6 Å². The van der Waals surface area contributed by atoms with E-state index in [1.165, 1.54) is 13.2 Å². The monoisotopic (exact) mass is 438 g/mol. The zero-order chi connectivity index (χ0) is 23.1. The number of benzene rings is 1. The van der Waals surface area contributed by atoms with Crippen molar-refractivity contribution in [2.24, 2.45) is 4.99 Å². The summed E-state index contributed by atoms with van der Waals surface area (Å²) in [5, 5.41) is 2.05. The Morgan fingerprint density at radius 2 is 2.00 bits per heavy atom. The highest BCUT2D eigenvalue weighted by Gasteiger charge is 2.25. The quantitative estimate of drug-likeness (QED) is 0.317. The number of methoxy groups -OCH3 is 1. The second-order valence-electron chi connectivity index (χ2n) is 5.76. The highest BCUT2D eigenvalue weighted by atomic mass is 35.5. The molecule has 0 unspecified atom stereocenters. The fourth-order valence-electron chi connectivity index (χ4n) is 2.76. The molecule has 1 aliphatic heterocycles. The Morgan fingerprint density at radius 3 is 2.57 bits per heavy atom. The maximum absolute atomic E-state index is 14.3. The van der Waals surface area contributed by atoms with E-state index >= 15 is 0 Å². The summed E-state index contributed by atoms with van der Waals surface area (Å²) in [4.78, 5) is 18.4. The van der Waals surface area contributed by atoms with Crippen molar-refractivity contribution < 1.29 is 18.8 Å². The number of aliphatic imine (C=N–C) groups is 1. The number of hydrogen-bond acceptors (Lipinski definition) is 5. The van der Waals surface area contributed by atoms with Gasteiger partial charge in [-0.25, -0.2) is 4.39 Å². The molecule has 0 aliphatic carbocycles. The smallest absolute Gasteiger partial charge is 0.167 e. The van der Waals surface area contributed by atoms with Crippen molar-refractivity contribution >= 4 is 24.1 Å². The molecule has 0 saturated heterocycles. The number of carbonyl (C=O) groups is 1. The predicted octanol–water partition coefficient (Wildman–Crippen LogP) is 5.57. The van der Waals surface area contributed by atoms with Crippen molar-refractivity contribution in [1.29, 1.82) is 0 Å². The van der Waals surface area contributed by atoms with E-state index < -0.39 is 5.82 Å². The summed E-state index contributed by atoms with van der Waals surface area (Å²) in [6.07, 6.45) is 10.1. The Kier molecular flexibility index (Phi) is 14.2. The lowest BCUT2D eigenvalue weighted by atomic mass is 9.96. The molecule has 0 atom stereocenters. The molecule has 1 heterocycles. The third-order valence-corrected chi connectivity index (χ3v) is 4.26. The van der Waals surface area contributed by atoms with Crippen molar-refractivity contribution in [3.05, 3.63) is 64.2 Å². The van der Waals surface area contributed by atoms with Gasteiger partial charge in [0.05, 0.1) is 19.4 Å². The molecule has 0 radical (unpaired) electrons. The van der Waals surface area contributed by atoms with Crippen LogP contribution in [-0.4, -0.2) is 44.8 Å². The Balaban J connectivity index is 0.00000198. The van der Waals surface area contributed by atoms with E-state index in [-0.39, 0.29) is 5.75 Å². The Labute approximate surface area is 184 Å². The first kappa shape index (κ1) is 27.6. The van der Waals surface area contributed by atoms with Crippen LogP contribution >= 0.6 is 11.6 Å². The number of likely N-dealkylation sites (N-methyl/N-ethyl adjacent to an activating group) is 1. The van der Waals surface area contributed by atoms with Gasteiger partial charge in [-0.05, 0) is 44.1 Å². The van der Waals surface area contributed by atoms with Gasteiger partial charge in [0.1, 0.15) is 12.5 Å². The van der Waals surface area contributed by atoms with E-state index in [2.05, 4.69) is 4.99 Å². The highest BCUT2D eigenvalue weighted by molar-refractivity contribution is 6.32. The van der Waals surface area contributed by atoms with Crippen LogP contribution < -0.4 is 4.74 Å². The molecule has 0 aromatic heterocycles. The summed E-state index contributed by atoms with van der Waals surface area (Å²) in [5.41, 5.74) is 2.19. The summed E-state index contributed by atoms with van der Waals surface area (Å²) in [6.45, 7) is 10.8. The number of carbonyl (C=O) groups excluding carboxylic acids is 1. The third kappa shape index (κ3) is 7.76. The van der Waals surface area contributed by atoms with E-state index in [1.54, 1.807) is 12.1 Å². The van der Waals surface area contributed by atoms with E-state index in [4.69, 9.17) is 26.0 Å². The lowest BCUT2D eigenvalue weighted by molar-refractivity contribution is -0.0980. The first-order valence-corrected chi connectivity index (χ1v) is 10.1. The molecule has 166 valence electrons. The zero-order valence-corrected chi connectivity index (χ0v) is 19.4. The van der Waals surface area contributed by atoms with Crippen molar-refractivity contribution in [2.75, 3.05) is 27.2 Å². The topological polar surface area (TPSA) is 51.1 Å². The van der Waals surface area contributed by atoms with Crippen LogP contribution in [0.25, 0.3) is 0 Å². The Hall–Kier alpha value is -2.44. The van der Waals surface area contributed by atoms with Gasteiger partial charge in [0.2, 0.25) is 0 Å². The fourth-order valence-corrected chi connectivity index (χ4v) is 3.05. The molecule has 1 aromatic rings. The summed E-state index contributed by atoms with van der Waals surface area (Å²) in [5.74, 6) is 0.389. The van der Waals surface area contributed by atoms with Crippen molar-refractivity contribution in [3.63, 3.8) is 0 Å². The van der Waals surface area contributed by atoms with Crippen molar-refractivity contribution in [2.45, 2.75) is 34.1 Å². The van der Waals surface area contributed by atoms with E-state index in [0.717, 1.165) is 5.56 Å². The number of hydrogen-bond donors (Lipinski definition) is 0. The molecule has 2 rings (SSSR count). The summed E-state index contributed by atoms with van der Waals surface area (Å²) in [7, 11) is 3.25. The predicted molar refractivity (Wildman–Crippen MR) is 123 cm³/mol. The van der Waals surface area contributed by atoms with Crippen LogP contribution in [0.1, 0.15) is 38.8 Å². The van der Waals surface area contributed by atoms with Crippen molar-refractivity contribution in [1.82, 2.24) is 5.06 Å². The first-order valence-electron chi connectivity index (χ1n) is 9.74. The summed E-state index contributed by atoms with van der Waals surface area (Å²) >= 11 is 6.24. The Morgan fingerprint density at radius 1 is 1.33 bits per heavy atom. The number of fused-ring (bicyclic) bond motifs is 1. The zero-order valence-electron chi connectivity index (χ0n) is 18.7. The summed E-state index contributed by atoms with van der Waals surface area (Å²) in [6, 6.07) is 1.30. The molecule has 5 nitrogen and oxygen atoms in total. The van der Waals surface area contributed by atoms with Crippen molar-refractivity contribution in [3.8, 4) is 5.75 Å². The van der Waals surface area contributed by atoms with Gasteiger partial charge in [0, 0.05) is 24.2 Å². The molecule has 0 amide bonds. The number of halogens is 2. The van der Waals surface area contributed by atoms with Crippen LogP contribution in [0.2, 0.25) is 5.02 Å². The average molecular weight is 439 g/mol. The summed E-state index contributed by atoms with van der Waals surface area (Å²) < 4.78 is 19.5. The van der Waals surface area contributed by atoms with Crippen LogP contribution in [0, 0.1) is 5.82 Å². The van der Waals surface area contributed by atoms with Gasteiger partial charge < -0.3 is 14.4 Å². The van der Waals surface area contributed by atoms with Gasteiger partial charge in [0.25, 0.3) is 0 Å². The standard InChI is InChI=1S/C20H24ClFN2O2.C2H6.CH2O/c1-5-7-8-9-14(6-2)26-24(3)13-18-19-15(10-11-23-18)16(21)12-17(22)20(19)25-4;2*1-2/h5-9,12H,10-11,13H2,1-4H3;1-2H3;1H2/b7-5-,9-8-,14-6+;;. The van der Waals surface area contributed by atoms with Gasteiger partial charge in [-0.2, -0.15) is 0 Å². The third-order valence-electron chi connectivity index (χ3n) is 3.93. The minimum absolute atomic E-state index is 0.176. The molecular weight excluding hydrogens is 407 g/mol. The number of allylic oxidation sites excluding steroid dienone is 5. The number of hydroxylamine groups is 2. The molecule has 0 fully saturated rings. The molecule has 7 heteroatoms. The molecule has 0 saturated carbocycles. The van der Waals surface area contributed by atoms with E-state index in [0.29, 0.717) is 41.6 Å². The molecule has 30 heavy (non-hydrogen) atoms. The number of rotatable bonds is 7. The minimum atomic E-state index is -0.488. The fraction of sp³-hybridized carbons (Fsp3) is 0.391. The van der Waals surface area contributed by atoms with Crippen LogP contribution in [-0.2, 0) is 16.1 Å². The molecule has 1 aromatic carbocycles. The van der Waals surface area contributed by atoms with Gasteiger partial charge in [-0.3, -0.25) is 4.99 Å². The molecule has 0 N–H and O–H groups in total. The van der Waals surface area contributed by atoms with Crippen LogP contribution in [0.3, 0.4) is 0 Å². The highest BCUT2D eigenvalue weighted by Crippen LogP contribution is 2.35.